The molecule has 134 valence electrons. The second-order valence-corrected chi connectivity index (χ2v) is 7.03. The maximum absolute atomic E-state index is 12.5. The summed E-state index contributed by atoms with van der Waals surface area (Å²) < 4.78 is 12.7. The lowest BCUT2D eigenvalue weighted by Crippen LogP contribution is -2.54. The molecule has 1 aromatic carbocycles. The zero-order valence-corrected chi connectivity index (χ0v) is 15.0. The first-order chi connectivity index (χ1) is 12.0. The van der Waals surface area contributed by atoms with Gasteiger partial charge >= 0.3 is 0 Å². The van der Waals surface area contributed by atoms with E-state index in [1.807, 2.05) is 44.2 Å². The van der Waals surface area contributed by atoms with Crippen molar-refractivity contribution in [3.8, 4) is 0 Å². The maximum atomic E-state index is 12.5. The van der Waals surface area contributed by atoms with Gasteiger partial charge in [-0.3, -0.25) is 4.79 Å². The average Bonchev–Trinajstić information content (AvgIpc) is 2.56. The lowest BCUT2D eigenvalue weighted by molar-refractivity contribution is -0.106. The highest BCUT2D eigenvalue weighted by atomic mass is 16.5. The standard InChI is InChI=1S/C19H25N3O3/c1-19(2)14-21(12-17(25-19)13-24-3)16-9-18(23)22(20-10-16)11-15-7-5-4-6-8-15/h4-10,17H,11-14H2,1-3H3. The molecule has 1 unspecified atom stereocenters. The Kier molecular flexibility index (Phi) is 5.20. The van der Waals surface area contributed by atoms with Gasteiger partial charge < -0.3 is 14.4 Å². The van der Waals surface area contributed by atoms with E-state index < -0.39 is 0 Å². The minimum absolute atomic E-state index is 0.0273. The van der Waals surface area contributed by atoms with Crippen molar-refractivity contribution in [2.24, 2.45) is 0 Å². The molecule has 25 heavy (non-hydrogen) atoms. The molecule has 0 N–H and O–H groups in total. The summed E-state index contributed by atoms with van der Waals surface area (Å²) in [7, 11) is 1.67. The molecule has 1 atom stereocenters. The highest BCUT2D eigenvalue weighted by molar-refractivity contribution is 5.44. The van der Waals surface area contributed by atoms with Gasteiger partial charge in [0.05, 0.1) is 36.7 Å². The van der Waals surface area contributed by atoms with E-state index in [1.165, 1.54) is 4.68 Å². The second-order valence-electron chi connectivity index (χ2n) is 7.03. The molecule has 0 saturated carbocycles. The van der Waals surface area contributed by atoms with E-state index >= 15 is 0 Å². The van der Waals surface area contributed by atoms with Gasteiger partial charge in [0.25, 0.3) is 5.56 Å². The van der Waals surface area contributed by atoms with Gasteiger partial charge in [0, 0.05) is 26.3 Å². The van der Waals surface area contributed by atoms with Crippen LogP contribution in [-0.4, -0.2) is 48.3 Å². The number of hydrogen-bond donors (Lipinski definition) is 0. The quantitative estimate of drug-likeness (QED) is 0.830. The van der Waals surface area contributed by atoms with Gasteiger partial charge in [0.2, 0.25) is 0 Å². The second kappa shape index (κ2) is 7.37. The van der Waals surface area contributed by atoms with E-state index in [-0.39, 0.29) is 17.3 Å². The highest BCUT2D eigenvalue weighted by Crippen LogP contribution is 2.25. The van der Waals surface area contributed by atoms with Crippen molar-refractivity contribution in [1.29, 1.82) is 0 Å². The van der Waals surface area contributed by atoms with Gasteiger partial charge in [-0.2, -0.15) is 5.10 Å². The fraction of sp³-hybridized carbons (Fsp3) is 0.474. The summed E-state index contributed by atoms with van der Waals surface area (Å²) in [6.45, 7) is 6.48. The molecule has 1 aromatic heterocycles. The molecule has 1 fully saturated rings. The molecule has 0 amide bonds. The van der Waals surface area contributed by atoms with Crippen LogP contribution in [0.3, 0.4) is 0 Å². The summed E-state index contributed by atoms with van der Waals surface area (Å²) in [6.07, 6.45) is 1.73. The monoisotopic (exact) mass is 343 g/mol. The van der Waals surface area contributed by atoms with E-state index in [4.69, 9.17) is 9.47 Å². The Morgan fingerprint density at radius 2 is 2.08 bits per heavy atom. The Balaban J connectivity index is 1.78. The van der Waals surface area contributed by atoms with E-state index in [1.54, 1.807) is 19.4 Å². The van der Waals surface area contributed by atoms with Crippen molar-refractivity contribution >= 4 is 5.69 Å². The van der Waals surface area contributed by atoms with E-state index in [0.717, 1.165) is 11.3 Å². The fourth-order valence-electron chi connectivity index (χ4n) is 3.24. The third-order valence-corrected chi connectivity index (χ3v) is 4.23. The number of ether oxygens (including phenoxy) is 2. The number of hydrogen-bond acceptors (Lipinski definition) is 5. The van der Waals surface area contributed by atoms with Crippen LogP contribution in [0.2, 0.25) is 0 Å². The van der Waals surface area contributed by atoms with Crippen LogP contribution in [0.1, 0.15) is 19.4 Å². The van der Waals surface area contributed by atoms with Crippen molar-refractivity contribution in [1.82, 2.24) is 9.78 Å². The predicted molar refractivity (Wildman–Crippen MR) is 97.1 cm³/mol. The number of methoxy groups -OCH3 is 1. The topological polar surface area (TPSA) is 56.6 Å². The number of aromatic nitrogens is 2. The van der Waals surface area contributed by atoms with Crippen molar-refractivity contribution in [2.75, 3.05) is 31.7 Å². The van der Waals surface area contributed by atoms with Crippen molar-refractivity contribution < 1.29 is 9.47 Å². The molecule has 6 nitrogen and oxygen atoms in total. The fourth-order valence-corrected chi connectivity index (χ4v) is 3.24. The Morgan fingerprint density at radius 3 is 2.76 bits per heavy atom. The summed E-state index contributed by atoms with van der Waals surface area (Å²) in [6, 6.07) is 11.5. The molecule has 0 radical (unpaired) electrons. The van der Waals surface area contributed by atoms with Gasteiger partial charge in [0.1, 0.15) is 0 Å². The molecule has 0 bridgehead atoms. The Hall–Kier alpha value is -2.18. The highest BCUT2D eigenvalue weighted by Gasteiger charge is 2.33. The van der Waals surface area contributed by atoms with Crippen LogP contribution in [-0.2, 0) is 16.0 Å². The summed E-state index contributed by atoms with van der Waals surface area (Å²) in [5.74, 6) is 0. The van der Waals surface area contributed by atoms with Crippen molar-refractivity contribution in [3.63, 3.8) is 0 Å². The van der Waals surface area contributed by atoms with Gasteiger partial charge in [-0.05, 0) is 19.4 Å². The molecule has 1 saturated heterocycles. The molecule has 2 aromatic rings. The normalized spacial score (nSPS) is 19.8. The molecular weight excluding hydrogens is 318 g/mol. The third kappa shape index (κ3) is 4.46. The largest absolute Gasteiger partial charge is 0.382 e. The van der Waals surface area contributed by atoms with Gasteiger partial charge in [-0.15, -0.1) is 0 Å². The zero-order valence-electron chi connectivity index (χ0n) is 15.0. The average molecular weight is 343 g/mol. The van der Waals surface area contributed by atoms with Crippen LogP contribution < -0.4 is 10.5 Å². The van der Waals surface area contributed by atoms with Crippen LogP contribution in [0.15, 0.2) is 47.4 Å². The first kappa shape index (κ1) is 17.6. The van der Waals surface area contributed by atoms with Crippen molar-refractivity contribution in [3.05, 3.63) is 58.5 Å². The minimum Gasteiger partial charge on any atom is -0.382 e. The molecule has 2 heterocycles. The van der Waals surface area contributed by atoms with Crippen LogP contribution in [0, 0.1) is 0 Å². The van der Waals surface area contributed by atoms with E-state index in [2.05, 4.69) is 10.00 Å². The first-order valence-corrected chi connectivity index (χ1v) is 8.50. The van der Waals surface area contributed by atoms with Crippen LogP contribution in [0.25, 0.3) is 0 Å². The molecule has 3 rings (SSSR count). The molecule has 1 aliphatic heterocycles. The molecule has 0 aliphatic carbocycles. The number of rotatable bonds is 5. The summed E-state index contributed by atoms with van der Waals surface area (Å²) in [5.41, 5.74) is 1.47. The van der Waals surface area contributed by atoms with Gasteiger partial charge in [-0.25, -0.2) is 4.68 Å². The summed E-state index contributed by atoms with van der Waals surface area (Å²) in [4.78, 5) is 14.6. The predicted octanol–water partition coefficient (Wildman–Crippen LogP) is 1.92. The minimum atomic E-state index is -0.305. The Labute approximate surface area is 148 Å². The first-order valence-electron chi connectivity index (χ1n) is 8.50. The van der Waals surface area contributed by atoms with Gasteiger partial charge in [-0.1, -0.05) is 30.3 Å². The van der Waals surface area contributed by atoms with Crippen molar-refractivity contribution in [2.45, 2.75) is 32.1 Å². The smallest absolute Gasteiger partial charge is 0.269 e. The van der Waals surface area contributed by atoms with Crippen LogP contribution >= 0.6 is 0 Å². The third-order valence-electron chi connectivity index (χ3n) is 4.23. The molecule has 1 aliphatic rings. The molecular formula is C19H25N3O3. The lowest BCUT2D eigenvalue weighted by atomic mass is 10.0. The van der Waals surface area contributed by atoms with E-state index in [0.29, 0.717) is 26.2 Å². The molecule has 0 spiro atoms. The zero-order chi connectivity index (χ0) is 17.9. The maximum Gasteiger partial charge on any atom is 0.269 e. The molecule has 6 heteroatoms. The summed E-state index contributed by atoms with van der Waals surface area (Å²) in [5, 5.41) is 4.36. The van der Waals surface area contributed by atoms with Gasteiger partial charge in [0.15, 0.2) is 0 Å². The number of benzene rings is 1. The summed E-state index contributed by atoms with van der Waals surface area (Å²) >= 11 is 0. The van der Waals surface area contributed by atoms with E-state index in [9.17, 15) is 4.79 Å². The number of anilines is 1. The lowest BCUT2D eigenvalue weighted by Gasteiger charge is -2.43. The van der Waals surface area contributed by atoms with Crippen LogP contribution in [0.4, 0.5) is 5.69 Å². The Bertz CT molecular complexity index is 758. The van der Waals surface area contributed by atoms with Crippen LogP contribution in [0.5, 0.6) is 0 Å². The number of morpholine rings is 1. The Morgan fingerprint density at radius 1 is 1.32 bits per heavy atom. The SMILES string of the molecule is COCC1CN(c2cnn(Cc3ccccc3)c(=O)c2)CC(C)(C)O1. The number of nitrogens with zero attached hydrogens (tertiary/aromatic N) is 3.